The lowest BCUT2D eigenvalue weighted by atomic mass is 9.87. The molecular formula is C23H28N4O2S2. The van der Waals surface area contributed by atoms with Gasteiger partial charge in [-0.2, -0.15) is 5.10 Å². The van der Waals surface area contributed by atoms with Crippen molar-refractivity contribution in [3.8, 4) is 0 Å². The molecule has 8 heteroatoms. The van der Waals surface area contributed by atoms with E-state index >= 15 is 0 Å². The Morgan fingerprint density at radius 3 is 2.61 bits per heavy atom. The predicted octanol–water partition coefficient (Wildman–Crippen LogP) is 4.72. The van der Waals surface area contributed by atoms with Crippen molar-refractivity contribution in [1.82, 2.24) is 15.1 Å². The molecule has 2 heterocycles. The number of thiophene rings is 1. The molecule has 164 valence electrons. The van der Waals surface area contributed by atoms with Crippen LogP contribution < -0.4 is 10.6 Å². The molecule has 31 heavy (non-hydrogen) atoms. The number of esters is 1. The van der Waals surface area contributed by atoms with Crippen LogP contribution in [-0.4, -0.2) is 34.0 Å². The zero-order valence-electron chi connectivity index (χ0n) is 18.2. The highest BCUT2D eigenvalue weighted by molar-refractivity contribution is 7.80. The molecule has 0 bridgehead atoms. The summed E-state index contributed by atoms with van der Waals surface area (Å²) in [4.78, 5) is 13.4. The molecule has 1 atom stereocenters. The van der Waals surface area contributed by atoms with E-state index in [1.54, 1.807) is 6.20 Å². The molecule has 0 aliphatic heterocycles. The van der Waals surface area contributed by atoms with Crippen molar-refractivity contribution in [2.24, 2.45) is 5.41 Å². The number of rotatable bonds is 7. The molecule has 0 amide bonds. The second-order valence-corrected chi connectivity index (χ2v) is 9.90. The first-order valence-electron chi connectivity index (χ1n) is 10.1. The average molecular weight is 457 g/mol. The third-order valence-corrected chi connectivity index (χ3v) is 6.19. The minimum absolute atomic E-state index is 0.0396. The highest BCUT2D eigenvalue weighted by atomic mass is 32.1. The molecular weight excluding hydrogens is 428 g/mol. The molecule has 1 aromatic carbocycles. The van der Waals surface area contributed by atoms with Gasteiger partial charge in [-0.3, -0.25) is 4.68 Å². The van der Waals surface area contributed by atoms with Crippen molar-refractivity contribution in [2.75, 3.05) is 12.4 Å². The summed E-state index contributed by atoms with van der Waals surface area (Å²) in [6.45, 7) is 7.13. The summed E-state index contributed by atoms with van der Waals surface area (Å²) in [5.41, 5.74) is 1.61. The fourth-order valence-electron chi connectivity index (χ4n) is 3.11. The number of carbonyl (C=O) groups is 1. The maximum absolute atomic E-state index is 12.3. The van der Waals surface area contributed by atoms with E-state index < -0.39 is 0 Å². The highest BCUT2D eigenvalue weighted by Gasteiger charge is 2.27. The zero-order valence-corrected chi connectivity index (χ0v) is 19.8. The second-order valence-electron chi connectivity index (χ2n) is 8.35. The van der Waals surface area contributed by atoms with Crippen LogP contribution in [0.5, 0.6) is 0 Å². The molecule has 2 N–H and O–H groups in total. The summed E-state index contributed by atoms with van der Waals surface area (Å²) < 4.78 is 6.86. The fraction of sp³-hybridized carbons (Fsp3) is 0.348. The van der Waals surface area contributed by atoms with Crippen LogP contribution in [0, 0.1) is 5.41 Å². The molecule has 0 fully saturated rings. The Labute approximate surface area is 192 Å². The van der Waals surface area contributed by atoms with Gasteiger partial charge in [0.2, 0.25) is 0 Å². The number of aromatic nitrogens is 2. The van der Waals surface area contributed by atoms with Crippen LogP contribution >= 0.6 is 23.6 Å². The van der Waals surface area contributed by atoms with E-state index in [1.165, 1.54) is 24.0 Å². The van der Waals surface area contributed by atoms with Crippen molar-refractivity contribution in [3.63, 3.8) is 0 Å². The van der Waals surface area contributed by atoms with Gasteiger partial charge in [-0.1, -0.05) is 51.1 Å². The molecule has 0 aliphatic carbocycles. The van der Waals surface area contributed by atoms with E-state index in [1.807, 2.05) is 41.2 Å². The van der Waals surface area contributed by atoms with Gasteiger partial charge in [-0.05, 0) is 35.3 Å². The summed E-state index contributed by atoms with van der Waals surface area (Å²) in [6, 6.07) is 14.0. The summed E-state index contributed by atoms with van der Waals surface area (Å²) in [5, 5.41) is 12.1. The first kappa shape index (κ1) is 23.0. The number of nitrogens with one attached hydrogen (secondary N) is 2. The van der Waals surface area contributed by atoms with Crippen LogP contribution in [0.3, 0.4) is 0 Å². The topological polar surface area (TPSA) is 68.2 Å². The Morgan fingerprint density at radius 1 is 1.26 bits per heavy atom. The number of ether oxygens (including phenoxy) is 1. The van der Waals surface area contributed by atoms with Crippen molar-refractivity contribution in [3.05, 3.63) is 70.9 Å². The smallest absolute Gasteiger partial charge is 0.340 e. The van der Waals surface area contributed by atoms with Gasteiger partial charge in [0.15, 0.2) is 5.11 Å². The first-order valence-corrected chi connectivity index (χ1v) is 11.3. The van der Waals surface area contributed by atoms with Crippen LogP contribution in [0.25, 0.3) is 0 Å². The van der Waals surface area contributed by atoms with E-state index in [2.05, 4.69) is 48.6 Å². The van der Waals surface area contributed by atoms with Crippen molar-refractivity contribution < 1.29 is 9.53 Å². The zero-order chi connectivity index (χ0) is 22.4. The largest absolute Gasteiger partial charge is 0.465 e. The summed E-state index contributed by atoms with van der Waals surface area (Å²) in [6.07, 6.45) is 4.43. The Hall–Kier alpha value is -2.71. The maximum Gasteiger partial charge on any atom is 0.340 e. The van der Waals surface area contributed by atoms with Crippen LogP contribution in [0.1, 0.15) is 41.6 Å². The second kappa shape index (κ2) is 10.1. The molecule has 0 saturated heterocycles. The van der Waals surface area contributed by atoms with Gasteiger partial charge in [0, 0.05) is 23.7 Å². The number of thiocarbonyl (C=S) groups is 1. The van der Waals surface area contributed by atoms with Crippen molar-refractivity contribution >= 4 is 39.6 Å². The van der Waals surface area contributed by atoms with E-state index in [0.717, 1.165) is 11.3 Å². The normalized spacial score (nSPS) is 12.3. The van der Waals surface area contributed by atoms with E-state index in [0.29, 0.717) is 22.2 Å². The number of carbonyl (C=O) groups excluding carboxylic acids is 1. The van der Waals surface area contributed by atoms with Gasteiger partial charge < -0.3 is 15.4 Å². The minimum Gasteiger partial charge on any atom is -0.465 e. The Kier molecular flexibility index (Phi) is 7.46. The predicted molar refractivity (Wildman–Crippen MR) is 130 cm³/mol. The number of methoxy groups -OCH3 is 1. The van der Waals surface area contributed by atoms with Crippen LogP contribution in [0.2, 0.25) is 0 Å². The summed E-state index contributed by atoms with van der Waals surface area (Å²) in [7, 11) is 1.39. The molecule has 0 saturated carbocycles. The van der Waals surface area contributed by atoms with E-state index in [9.17, 15) is 4.79 Å². The molecule has 0 radical (unpaired) electrons. The summed E-state index contributed by atoms with van der Waals surface area (Å²) >= 11 is 7.11. The quantitative estimate of drug-likeness (QED) is 0.396. The molecule has 6 nitrogen and oxygen atoms in total. The standard InChI is InChI=1S/C23H28N4O2S2/c1-23(2,3)19(15-27-12-8-11-24-27)25-22(30)26-20-18(21(28)29-4)14-17(31-20)13-16-9-6-5-7-10-16/h5-12,14,19H,13,15H2,1-4H3,(H2,25,26,30). The van der Waals surface area contributed by atoms with Crippen LogP contribution in [-0.2, 0) is 17.7 Å². The Balaban J connectivity index is 1.76. The lowest BCUT2D eigenvalue weighted by Crippen LogP contribution is -2.48. The number of benzene rings is 1. The molecule has 0 aliphatic rings. The number of nitrogens with zero attached hydrogens (tertiary/aromatic N) is 2. The molecule has 2 aromatic heterocycles. The van der Waals surface area contributed by atoms with Gasteiger partial charge in [0.1, 0.15) is 5.00 Å². The number of hydrogen-bond donors (Lipinski definition) is 2. The van der Waals surface area contributed by atoms with Gasteiger partial charge >= 0.3 is 5.97 Å². The molecule has 1 unspecified atom stereocenters. The van der Waals surface area contributed by atoms with Gasteiger partial charge in [0.25, 0.3) is 0 Å². The van der Waals surface area contributed by atoms with Crippen LogP contribution in [0.15, 0.2) is 54.9 Å². The van der Waals surface area contributed by atoms with Gasteiger partial charge in [-0.15, -0.1) is 11.3 Å². The number of anilines is 1. The Bertz CT molecular complexity index is 1010. The average Bonchev–Trinajstić information content (AvgIpc) is 3.37. The minimum atomic E-state index is -0.384. The van der Waals surface area contributed by atoms with Crippen molar-refractivity contribution in [2.45, 2.75) is 39.8 Å². The van der Waals surface area contributed by atoms with E-state index in [4.69, 9.17) is 17.0 Å². The SMILES string of the molecule is COC(=O)c1cc(Cc2ccccc2)sc1NC(=S)NC(Cn1cccn1)C(C)(C)C. The molecule has 0 spiro atoms. The van der Waals surface area contributed by atoms with E-state index in [-0.39, 0.29) is 17.4 Å². The van der Waals surface area contributed by atoms with Gasteiger partial charge in [-0.25, -0.2) is 4.79 Å². The third kappa shape index (κ3) is 6.38. The first-order chi connectivity index (χ1) is 14.8. The fourth-order valence-corrected chi connectivity index (χ4v) is 4.50. The monoisotopic (exact) mass is 456 g/mol. The lowest BCUT2D eigenvalue weighted by molar-refractivity contribution is 0.0602. The third-order valence-electron chi connectivity index (χ3n) is 4.92. The van der Waals surface area contributed by atoms with Crippen LogP contribution in [0.4, 0.5) is 5.00 Å². The van der Waals surface area contributed by atoms with Gasteiger partial charge in [0.05, 0.1) is 25.3 Å². The Morgan fingerprint density at radius 2 is 2.00 bits per heavy atom. The lowest BCUT2D eigenvalue weighted by Gasteiger charge is -2.32. The maximum atomic E-state index is 12.3. The highest BCUT2D eigenvalue weighted by Crippen LogP contribution is 2.31. The number of hydrogen-bond acceptors (Lipinski definition) is 5. The van der Waals surface area contributed by atoms with Crippen molar-refractivity contribution in [1.29, 1.82) is 0 Å². The molecule has 3 aromatic rings. The summed E-state index contributed by atoms with van der Waals surface area (Å²) in [5.74, 6) is -0.384. The molecule has 3 rings (SSSR count).